The molecule has 0 atom stereocenters. The summed E-state index contributed by atoms with van der Waals surface area (Å²) in [6, 6.07) is 6.93. The Labute approximate surface area is 66.2 Å². The fourth-order valence-corrected chi connectivity index (χ4v) is 0.852. The largest absolute Gasteiger partial charge is 0.508 e. The van der Waals surface area contributed by atoms with Crippen LogP contribution in [0.2, 0.25) is 0 Å². The Kier molecular flexibility index (Phi) is 1.85. The van der Waals surface area contributed by atoms with Crippen molar-refractivity contribution in [1.29, 1.82) is 0 Å². The van der Waals surface area contributed by atoms with Crippen LogP contribution >= 0.6 is 0 Å². The van der Waals surface area contributed by atoms with Gasteiger partial charge >= 0.3 is 0 Å². The van der Waals surface area contributed by atoms with Crippen molar-refractivity contribution in [2.24, 2.45) is 5.84 Å². The van der Waals surface area contributed by atoms with Crippen molar-refractivity contribution in [2.75, 3.05) is 14.1 Å². The molecule has 0 saturated heterocycles. The first kappa shape index (κ1) is 8.04. The normalized spacial score (nSPS) is 11.5. The van der Waals surface area contributed by atoms with Gasteiger partial charge in [0.25, 0.3) is 0 Å². The summed E-state index contributed by atoms with van der Waals surface area (Å²) in [5.41, 5.74) is 0.880. The van der Waals surface area contributed by atoms with Crippen molar-refractivity contribution >= 4 is 5.69 Å². The average molecular weight is 153 g/mol. The summed E-state index contributed by atoms with van der Waals surface area (Å²) in [4.78, 5) is 0. The number of quaternary nitrogens is 1. The fourth-order valence-electron chi connectivity index (χ4n) is 0.852. The molecule has 3 N–H and O–H groups in total. The molecule has 0 fully saturated rings. The summed E-state index contributed by atoms with van der Waals surface area (Å²) in [7, 11) is 3.68. The molecular formula is C8H13N2O+. The Morgan fingerprint density at radius 1 is 1.36 bits per heavy atom. The zero-order valence-corrected chi connectivity index (χ0v) is 6.78. The van der Waals surface area contributed by atoms with Crippen LogP contribution in [0, 0.1) is 0 Å². The van der Waals surface area contributed by atoms with Crippen molar-refractivity contribution in [2.45, 2.75) is 0 Å². The SMILES string of the molecule is C[N+](C)(N)c1cccc(O)c1. The van der Waals surface area contributed by atoms with Crippen molar-refractivity contribution in [3.05, 3.63) is 24.3 Å². The molecule has 11 heavy (non-hydrogen) atoms. The summed E-state index contributed by atoms with van der Waals surface area (Å²) in [6.45, 7) is 0. The molecule has 1 rings (SSSR count). The minimum Gasteiger partial charge on any atom is -0.508 e. The van der Waals surface area contributed by atoms with E-state index in [2.05, 4.69) is 0 Å². The van der Waals surface area contributed by atoms with Gasteiger partial charge in [0, 0.05) is 12.1 Å². The van der Waals surface area contributed by atoms with Crippen LogP contribution in [0.25, 0.3) is 0 Å². The second-order valence-electron chi connectivity index (χ2n) is 3.06. The van der Waals surface area contributed by atoms with E-state index in [-0.39, 0.29) is 10.3 Å². The number of phenols is 1. The van der Waals surface area contributed by atoms with Crippen molar-refractivity contribution in [3.8, 4) is 5.75 Å². The first-order chi connectivity index (χ1) is 5.00. The number of hydrogen-bond acceptors (Lipinski definition) is 2. The van der Waals surface area contributed by atoms with Crippen LogP contribution in [-0.4, -0.2) is 19.2 Å². The molecule has 1 aromatic carbocycles. The van der Waals surface area contributed by atoms with Gasteiger partial charge in [-0.05, 0) is 6.07 Å². The predicted molar refractivity (Wildman–Crippen MR) is 45.9 cm³/mol. The van der Waals surface area contributed by atoms with Gasteiger partial charge in [-0.3, -0.25) is 0 Å². The summed E-state index contributed by atoms with van der Waals surface area (Å²) in [5, 5.41) is 9.11. The topological polar surface area (TPSA) is 46.2 Å². The molecule has 0 amide bonds. The molecular weight excluding hydrogens is 140 g/mol. The molecule has 0 aromatic heterocycles. The van der Waals surface area contributed by atoms with E-state index in [0.29, 0.717) is 0 Å². The third kappa shape index (κ3) is 1.93. The summed E-state index contributed by atoms with van der Waals surface area (Å²) < 4.78 is 0.231. The van der Waals surface area contributed by atoms with Crippen LogP contribution < -0.4 is 10.4 Å². The Balaban J connectivity index is 3.06. The van der Waals surface area contributed by atoms with Gasteiger partial charge in [0.1, 0.15) is 5.75 Å². The summed E-state index contributed by atoms with van der Waals surface area (Å²) in [5.74, 6) is 6.00. The number of phenolic OH excluding ortho intramolecular Hbond substituents is 1. The lowest BCUT2D eigenvalue weighted by Gasteiger charge is -2.21. The molecule has 0 aliphatic rings. The number of nitrogens with two attached hydrogens (primary N) is 1. The lowest BCUT2D eigenvalue weighted by molar-refractivity contribution is 0.413. The second-order valence-corrected chi connectivity index (χ2v) is 3.06. The fraction of sp³-hybridized carbons (Fsp3) is 0.250. The van der Waals surface area contributed by atoms with Crippen LogP contribution in [-0.2, 0) is 0 Å². The minimum absolute atomic E-state index is 0.231. The molecule has 1 aromatic rings. The van der Waals surface area contributed by atoms with Gasteiger partial charge in [0.2, 0.25) is 0 Å². The summed E-state index contributed by atoms with van der Waals surface area (Å²) >= 11 is 0. The third-order valence-electron chi connectivity index (χ3n) is 1.50. The lowest BCUT2D eigenvalue weighted by Crippen LogP contribution is -2.47. The smallest absolute Gasteiger partial charge is 0.155 e. The maximum Gasteiger partial charge on any atom is 0.155 e. The van der Waals surface area contributed by atoms with E-state index in [1.807, 2.05) is 20.2 Å². The van der Waals surface area contributed by atoms with E-state index in [0.717, 1.165) is 5.69 Å². The number of benzene rings is 1. The van der Waals surface area contributed by atoms with E-state index in [9.17, 15) is 0 Å². The number of hydrogen-bond donors (Lipinski definition) is 2. The van der Waals surface area contributed by atoms with Crippen LogP contribution in [0.15, 0.2) is 24.3 Å². The standard InChI is InChI=1S/C8H12N2O/c1-10(2,9)7-4-3-5-8(11)6-7/h3-6H,9H2,1-2H3/p+1. The zero-order valence-electron chi connectivity index (χ0n) is 6.78. The first-order valence-electron chi connectivity index (χ1n) is 3.42. The van der Waals surface area contributed by atoms with E-state index < -0.39 is 0 Å². The summed E-state index contributed by atoms with van der Waals surface area (Å²) in [6.07, 6.45) is 0. The molecule has 0 radical (unpaired) electrons. The zero-order chi connectivity index (χ0) is 8.48. The van der Waals surface area contributed by atoms with Crippen molar-refractivity contribution in [1.82, 2.24) is 4.59 Å². The number of rotatable bonds is 1. The highest BCUT2D eigenvalue weighted by Gasteiger charge is 2.12. The maximum atomic E-state index is 9.11. The molecule has 0 aliphatic heterocycles. The molecule has 3 nitrogen and oxygen atoms in total. The Morgan fingerprint density at radius 3 is 2.36 bits per heavy atom. The van der Waals surface area contributed by atoms with Crippen molar-refractivity contribution < 1.29 is 5.11 Å². The molecule has 0 aliphatic carbocycles. The van der Waals surface area contributed by atoms with Gasteiger partial charge in [-0.2, -0.15) is 5.84 Å². The second kappa shape index (κ2) is 2.53. The average Bonchev–Trinajstić information content (AvgIpc) is 1.86. The lowest BCUT2D eigenvalue weighted by atomic mass is 10.3. The van der Waals surface area contributed by atoms with E-state index in [1.54, 1.807) is 18.2 Å². The van der Waals surface area contributed by atoms with E-state index in [4.69, 9.17) is 10.9 Å². The highest BCUT2D eigenvalue weighted by molar-refractivity contribution is 5.45. The van der Waals surface area contributed by atoms with Gasteiger partial charge in [-0.1, -0.05) is 6.07 Å². The Morgan fingerprint density at radius 2 is 2.00 bits per heavy atom. The molecule has 0 spiro atoms. The van der Waals surface area contributed by atoms with Gasteiger partial charge in [-0.15, -0.1) is 0 Å². The maximum absolute atomic E-state index is 9.11. The molecule has 0 bridgehead atoms. The molecule has 0 saturated carbocycles. The van der Waals surface area contributed by atoms with Gasteiger partial charge < -0.3 is 5.11 Å². The third-order valence-corrected chi connectivity index (χ3v) is 1.50. The van der Waals surface area contributed by atoms with Crippen LogP contribution in [0.5, 0.6) is 5.75 Å². The number of nitrogens with zero attached hydrogens (tertiary/aromatic N) is 1. The first-order valence-corrected chi connectivity index (χ1v) is 3.42. The monoisotopic (exact) mass is 153 g/mol. The molecule has 0 heterocycles. The molecule has 60 valence electrons. The predicted octanol–water partition coefficient (Wildman–Crippen LogP) is 0.833. The highest BCUT2D eigenvalue weighted by atomic mass is 16.3. The Bertz CT molecular complexity index is 253. The molecule has 0 unspecified atom stereocenters. The van der Waals surface area contributed by atoms with Gasteiger partial charge in [0.15, 0.2) is 5.69 Å². The Hall–Kier alpha value is -1.06. The van der Waals surface area contributed by atoms with Crippen LogP contribution in [0.1, 0.15) is 0 Å². The van der Waals surface area contributed by atoms with E-state index >= 15 is 0 Å². The minimum atomic E-state index is 0.231. The number of aromatic hydroxyl groups is 1. The highest BCUT2D eigenvalue weighted by Crippen LogP contribution is 2.19. The van der Waals surface area contributed by atoms with Crippen LogP contribution in [0.3, 0.4) is 0 Å². The van der Waals surface area contributed by atoms with Crippen LogP contribution in [0.4, 0.5) is 5.69 Å². The molecule has 3 heteroatoms. The quantitative estimate of drug-likeness (QED) is 0.356. The van der Waals surface area contributed by atoms with Crippen molar-refractivity contribution in [3.63, 3.8) is 0 Å². The van der Waals surface area contributed by atoms with Gasteiger partial charge in [-0.25, -0.2) is 4.59 Å². The van der Waals surface area contributed by atoms with E-state index in [1.165, 1.54) is 0 Å². The van der Waals surface area contributed by atoms with Gasteiger partial charge in [0.05, 0.1) is 14.1 Å².